The summed E-state index contributed by atoms with van der Waals surface area (Å²) in [7, 11) is 0. The molecule has 0 aliphatic rings. The smallest absolute Gasteiger partial charge is 0.0566 e. The van der Waals surface area contributed by atoms with Gasteiger partial charge in [-0.3, -0.25) is 0 Å². The predicted molar refractivity (Wildman–Crippen MR) is 69.8 cm³/mol. The third-order valence-electron chi connectivity index (χ3n) is 3.30. The fourth-order valence-corrected chi connectivity index (χ4v) is 2.23. The van der Waals surface area contributed by atoms with Gasteiger partial charge in [0.25, 0.3) is 0 Å². The molecule has 0 radical (unpaired) electrons. The van der Waals surface area contributed by atoms with Crippen molar-refractivity contribution in [2.24, 2.45) is 5.92 Å². The SMILES string of the molecule is Cc1cc(C)c(CCC(O)C(C)C)c(C)c1. The first-order valence-electron chi connectivity index (χ1n) is 6.16. The lowest BCUT2D eigenvalue weighted by molar-refractivity contribution is 0.116. The van der Waals surface area contributed by atoms with E-state index in [0.717, 1.165) is 12.8 Å². The molecule has 1 aromatic carbocycles. The second-order valence-corrected chi connectivity index (χ2v) is 5.23. The second-order valence-electron chi connectivity index (χ2n) is 5.23. The summed E-state index contributed by atoms with van der Waals surface area (Å²) in [6, 6.07) is 4.45. The lowest BCUT2D eigenvalue weighted by Crippen LogP contribution is -2.15. The Bertz CT molecular complexity index is 329. The van der Waals surface area contributed by atoms with Crippen molar-refractivity contribution in [3.8, 4) is 0 Å². The van der Waals surface area contributed by atoms with Gasteiger partial charge in [0, 0.05) is 0 Å². The maximum Gasteiger partial charge on any atom is 0.0566 e. The Kier molecular flexibility index (Phi) is 4.55. The minimum absolute atomic E-state index is 0.180. The molecule has 1 heteroatoms. The van der Waals surface area contributed by atoms with Crippen molar-refractivity contribution in [3.05, 3.63) is 34.4 Å². The monoisotopic (exact) mass is 220 g/mol. The van der Waals surface area contributed by atoms with Crippen LogP contribution in [-0.2, 0) is 6.42 Å². The van der Waals surface area contributed by atoms with Crippen molar-refractivity contribution in [2.45, 2.75) is 53.6 Å². The molecule has 0 heterocycles. The van der Waals surface area contributed by atoms with Crippen molar-refractivity contribution in [2.75, 3.05) is 0 Å². The number of aliphatic hydroxyl groups is 1. The van der Waals surface area contributed by atoms with Crippen LogP contribution in [0.25, 0.3) is 0 Å². The van der Waals surface area contributed by atoms with Gasteiger partial charge in [-0.05, 0) is 56.2 Å². The van der Waals surface area contributed by atoms with Gasteiger partial charge in [0.15, 0.2) is 0 Å². The standard InChI is InChI=1S/C15H24O/c1-10(2)15(16)7-6-14-12(4)8-11(3)9-13(14)5/h8-10,15-16H,6-7H2,1-5H3. The number of rotatable bonds is 4. The first kappa shape index (κ1) is 13.2. The summed E-state index contributed by atoms with van der Waals surface area (Å²) in [5.74, 6) is 0.353. The van der Waals surface area contributed by atoms with Crippen LogP contribution in [0.1, 0.15) is 42.5 Å². The van der Waals surface area contributed by atoms with Crippen LogP contribution in [0.3, 0.4) is 0 Å². The highest BCUT2D eigenvalue weighted by atomic mass is 16.3. The number of benzene rings is 1. The van der Waals surface area contributed by atoms with Crippen LogP contribution in [0.5, 0.6) is 0 Å². The number of hydrogen-bond acceptors (Lipinski definition) is 1. The summed E-state index contributed by atoms with van der Waals surface area (Å²) in [5.41, 5.74) is 5.44. The number of hydrogen-bond donors (Lipinski definition) is 1. The topological polar surface area (TPSA) is 20.2 Å². The maximum absolute atomic E-state index is 9.82. The lowest BCUT2D eigenvalue weighted by atomic mass is 9.93. The van der Waals surface area contributed by atoms with Gasteiger partial charge in [0.05, 0.1) is 6.10 Å². The van der Waals surface area contributed by atoms with Crippen LogP contribution < -0.4 is 0 Å². The molecule has 1 N–H and O–H groups in total. The Balaban J connectivity index is 2.74. The molecule has 90 valence electrons. The highest BCUT2D eigenvalue weighted by molar-refractivity contribution is 5.37. The van der Waals surface area contributed by atoms with E-state index in [1.54, 1.807) is 0 Å². The normalized spacial score (nSPS) is 13.2. The number of aryl methyl sites for hydroxylation is 3. The van der Waals surface area contributed by atoms with Gasteiger partial charge < -0.3 is 5.11 Å². The van der Waals surface area contributed by atoms with E-state index in [2.05, 4.69) is 46.8 Å². The van der Waals surface area contributed by atoms with Crippen molar-refractivity contribution in [1.82, 2.24) is 0 Å². The zero-order chi connectivity index (χ0) is 12.3. The van der Waals surface area contributed by atoms with Gasteiger partial charge in [0.2, 0.25) is 0 Å². The van der Waals surface area contributed by atoms with E-state index in [1.165, 1.54) is 22.3 Å². The molecule has 1 atom stereocenters. The van der Waals surface area contributed by atoms with Crippen LogP contribution in [0.4, 0.5) is 0 Å². The molecule has 0 spiro atoms. The molecule has 16 heavy (non-hydrogen) atoms. The third-order valence-corrected chi connectivity index (χ3v) is 3.30. The van der Waals surface area contributed by atoms with Gasteiger partial charge in [-0.15, -0.1) is 0 Å². The van der Waals surface area contributed by atoms with Crippen molar-refractivity contribution < 1.29 is 5.11 Å². The fraction of sp³-hybridized carbons (Fsp3) is 0.600. The summed E-state index contributed by atoms with van der Waals surface area (Å²) < 4.78 is 0. The summed E-state index contributed by atoms with van der Waals surface area (Å²) in [5, 5.41) is 9.82. The highest BCUT2D eigenvalue weighted by Crippen LogP contribution is 2.19. The molecule has 0 aliphatic carbocycles. The Morgan fingerprint density at radius 3 is 2.00 bits per heavy atom. The summed E-state index contributed by atoms with van der Waals surface area (Å²) >= 11 is 0. The van der Waals surface area contributed by atoms with Crippen molar-refractivity contribution >= 4 is 0 Å². The lowest BCUT2D eigenvalue weighted by Gasteiger charge is -2.16. The van der Waals surface area contributed by atoms with Gasteiger partial charge in [-0.1, -0.05) is 31.5 Å². The molecule has 0 aromatic heterocycles. The molecule has 0 saturated heterocycles. The Morgan fingerprint density at radius 2 is 1.56 bits per heavy atom. The molecule has 0 saturated carbocycles. The van der Waals surface area contributed by atoms with E-state index in [0.29, 0.717) is 5.92 Å². The quantitative estimate of drug-likeness (QED) is 0.822. The molecule has 0 bridgehead atoms. The molecule has 0 fully saturated rings. The van der Waals surface area contributed by atoms with Gasteiger partial charge in [0.1, 0.15) is 0 Å². The van der Waals surface area contributed by atoms with Crippen LogP contribution >= 0.6 is 0 Å². The molecule has 0 amide bonds. The first-order chi connectivity index (χ1) is 7.41. The maximum atomic E-state index is 9.82. The molecule has 1 rings (SSSR count). The van der Waals surface area contributed by atoms with E-state index in [9.17, 15) is 5.11 Å². The van der Waals surface area contributed by atoms with Crippen LogP contribution in [0, 0.1) is 26.7 Å². The summed E-state index contributed by atoms with van der Waals surface area (Å²) in [6.45, 7) is 10.6. The van der Waals surface area contributed by atoms with Crippen molar-refractivity contribution in [1.29, 1.82) is 0 Å². The van der Waals surface area contributed by atoms with Crippen LogP contribution in [-0.4, -0.2) is 11.2 Å². The van der Waals surface area contributed by atoms with E-state index in [4.69, 9.17) is 0 Å². The molecule has 0 aliphatic heterocycles. The minimum atomic E-state index is -0.180. The fourth-order valence-electron chi connectivity index (χ4n) is 2.23. The average molecular weight is 220 g/mol. The predicted octanol–water partition coefficient (Wildman–Crippen LogP) is 3.56. The Hall–Kier alpha value is -0.820. The summed E-state index contributed by atoms with van der Waals surface area (Å²) in [4.78, 5) is 0. The van der Waals surface area contributed by atoms with E-state index in [-0.39, 0.29) is 6.10 Å². The highest BCUT2D eigenvalue weighted by Gasteiger charge is 2.11. The zero-order valence-electron chi connectivity index (χ0n) is 11.2. The Morgan fingerprint density at radius 1 is 1.06 bits per heavy atom. The largest absolute Gasteiger partial charge is 0.393 e. The van der Waals surface area contributed by atoms with Crippen LogP contribution in [0.2, 0.25) is 0 Å². The van der Waals surface area contributed by atoms with Gasteiger partial charge in [-0.25, -0.2) is 0 Å². The zero-order valence-corrected chi connectivity index (χ0v) is 11.2. The van der Waals surface area contributed by atoms with Gasteiger partial charge in [-0.2, -0.15) is 0 Å². The van der Waals surface area contributed by atoms with E-state index in [1.807, 2.05) is 0 Å². The summed E-state index contributed by atoms with van der Waals surface area (Å²) in [6.07, 6.45) is 1.67. The first-order valence-corrected chi connectivity index (χ1v) is 6.16. The molecule has 1 unspecified atom stereocenters. The molecular weight excluding hydrogens is 196 g/mol. The van der Waals surface area contributed by atoms with Gasteiger partial charge >= 0.3 is 0 Å². The molecule has 1 aromatic rings. The second kappa shape index (κ2) is 5.49. The molecule has 1 nitrogen and oxygen atoms in total. The minimum Gasteiger partial charge on any atom is -0.393 e. The van der Waals surface area contributed by atoms with Crippen LogP contribution in [0.15, 0.2) is 12.1 Å². The van der Waals surface area contributed by atoms with E-state index >= 15 is 0 Å². The number of aliphatic hydroxyl groups excluding tert-OH is 1. The van der Waals surface area contributed by atoms with E-state index < -0.39 is 0 Å². The van der Waals surface area contributed by atoms with Crippen molar-refractivity contribution in [3.63, 3.8) is 0 Å². The Labute approximate surface area is 99.5 Å². The average Bonchev–Trinajstić information content (AvgIpc) is 2.15. The molecular formula is C15H24O. The third kappa shape index (κ3) is 3.34.